The molecule has 0 bridgehead atoms. The lowest BCUT2D eigenvalue weighted by molar-refractivity contribution is 0.0687. The van der Waals surface area contributed by atoms with Crippen LogP contribution in [-0.4, -0.2) is 33.2 Å². The Morgan fingerprint density at radius 1 is 1.44 bits per heavy atom. The minimum atomic E-state index is -1.28. The summed E-state index contributed by atoms with van der Waals surface area (Å²) in [6.07, 6.45) is 1.39. The van der Waals surface area contributed by atoms with Gasteiger partial charge >= 0.3 is 5.97 Å². The number of rotatable bonds is 2. The number of aryl methyl sites for hydroxylation is 1. The van der Waals surface area contributed by atoms with E-state index in [2.05, 4.69) is 15.3 Å². The van der Waals surface area contributed by atoms with E-state index in [9.17, 15) is 9.90 Å². The monoisotopic (exact) mass is 269 g/mol. The highest BCUT2D eigenvalue weighted by atomic mass is 35.5. The summed E-state index contributed by atoms with van der Waals surface area (Å²) in [6, 6.07) is 1.78. The first-order valence-corrected chi connectivity index (χ1v) is 4.95. The molecule has 2 aromatic rings. The molecule has 2 heterocycles. The maximum atomic E-state index is 10.8. The van der Waals surface area contributed by atoms with Crippen LogP contribution in [0.15, 0.2) is 12.3 Å². The molecule has 0 atom stereocenters. The molecular weight excluding hydrogens is 258 g/mol. The third-order valence-electron chi connectivity index (χ3n) is 2.46. The number of anilines is 1. The number of nitrogens with one attached hydrogen (secondary N) is 1. The lowest BCUT2D eigenvalue weighted by Crippen LogP contribution is -2.03. The first-order valence-electron chi connectivity index (χ1n) is 4.95. The maximum Gasteiger partial charge on any atom is 0.358 e. The van der Waals surface area contributed by atoms with Gasteiger partial charge in [-0.2, -0.15) is 0 Å². The van der Waals surface area contributed by atoms with Gasteiger partial charge in [0.2, 0.25) is 0 Å². The summed E-state index contributed by atoms with van der Waals surface area (Å²) >= 11 is 0. The maximum absolute atomic E-state index is 10.8. The molecule has 0 radical (unpaired) electrons. The smallest absolute Gasteiger partial charge is 0.358 e. The van der Waals surface area contributed by atoms with Crippen LogP contribution < -0.4 is 5.32 Å². The van der Waals surface area contributed by atoms with Crippen LogP contribution in [0.25, 0.3) is 10.9 Å². The Kier molecular flexibility index (Phi) is 3.93. The molecule has 0 unspecified atom stereocenters. The van der Waals surface area contributed by atoms with Gasteiger partial charge in [-0.3, -0.25) is 0 Å². The zero-order valence-corrected chi connectivity index (χ0v) is 10.6. The van der Waals surface area contributed by atoms with Crippen molar-refractivity contribution in [3.63, 3.8) is 0 Å². The summed E-state index contributed by atoms with van der Waals surface area (Å²) in [5.41, 5.74) is 0.729. The van der Waals surface area contributed by atoms with Crippen LogP contribution in [0.3, 0.4) is 0 Å². The van der Waals surface area contributed by atoms with Crippen molar-refractivity contribution in [1.29, 1.82) is 0 Å². The van der Waals surface area contributed by atoms with E-state index >= 15 is 0 Å². The summed E-state index contributed by atoms with van der Waals surface area (Å²) in [5, 5.41) is 22.1. The molecule has 2 aromatic heterocycles. The van der Waals surface area contributed by atoms with E-state index in [1.165, 1.54) is 6.20 Å². The zero-order chi connectivity index (χ0) is 12.6. The minimum Gasteiger partial charge on any atom is -0.504 e. The Balaban J connectivity index is 0.00000162. The van der Waals surface area contributed by atoms with Gasteiger partial charge in [-0.05, 0) is 18.6 Å². The highest BCUT2D eigenvalue weighted by molar-refractivity contribution is 5.97. The molecular formula is C11H12ClN3O3. The molecule has 0 aliphatic heterocycles. The topological polar surface area (TPSA) is 95.3 Å². The minimum absolute atomic E-state index is 0. The predicted octanol–water partition coefficient (Wildman–Crippen LogP) is 1.81. The number of carbonyl (C=O) groups is 1. The van der Waals surface area contributed by atoms with Gasteiger partial charge < -0.3 is 15.5 Å². The fourth-order valence-corrected chi connectivity index (χ4v) is 1.64. The molecule has 0 aromatic carbocycles. The van der Waals surface area contributed by atoms with Gasteiger partial charge in [0.1, 0.15) is 11.3 Å². The van der Waals surface area contributed by atoms with Crippen LogP contribution in [0.4, 0.5) is 5.82 Å². The van der Waals surface area contributed by atoms with Crippen molar-refractivity contribution in [3.05, 3.63) is 23.5 Å². The van der Waals surface area contributed by atoms with E-state index in [0.717, 1.165) is 5.56 Å². The third-order valence-corrected chi connectivity index (χ3v) is 2.46. The van der Waals surface area contributed by atoms with E-state index in [1.54, 1.807) is 13.1 Å². The van der Waals surface area contributed by atoms with Crippen molar-refractivity contribution >= 4 is 35.1 Å². The number of hydrogen-bond donors (Lipinski definition) is 3. The molecule has 3 N–H and O–H groups in total. The van der Waals surface area contributed by atoms with Gasteiger partial charge in [0.25, 0.3) is 0 Å². The van der Waals surface area contributed by atoms with E-state index in [1.807, 2.05) is 6.92 Å². The molecule has 0 aliphatic rings. The Hall–Kier alpha value is -2.08. The molecule has 0 saturated heterocycles. The van der Waals surface area contributed by atoms with Crippen molar-refractivity contribution in [1.82, 2.24) is 9.97 Å². The zero-order valence-electron chi connectivity index (χ0n) is 9.76. The van der Waals surface area contributed by atoms with Crippen LogP contribution in [0.2, 0.25) is 0 Å². The fraction of sp³-hybridized carbons (Fsp3) is 0.182. The molecule has 0 spiro atoms. The van der Waals surface area contributed by atoms with E-state index < -0.39 is 17.4 Å². The molecule has 0 amide bonds. The Morgan fingerprint density at radius 2 is 2.11 bits per heavy atom. The molecule has 18 heavy (non-hydrogen) atoms. The summed E-state index contributed by atoms with van der Waals surface area (Å²) in [7, 11) is 1.71. The molecule has 0 saturated carbocycles. The number of aromatic carboxylic acids is 1. The summed E-state index contributed by atoms with van der Waals surface area (Å²) < 4.78 is 0. The second-order valence-corrected chi connectivity index (χ2v) is 3.60. The SMILES string of the molecule is CNc1nc2c(O)c(C(=O)O)ncc2cc1C.Cl. The van der Waals surface area contributed by atoms with Gasteiger partial charge in [0.15, 0.2) is 11.4 Å². The van der Waals surface area contributed by atoms with E-state index in [-0.39, 0.29) is 17.9 Å². The van der Waals surface area contributed by atoms with Crippen molar-refractivity contribution < 1.29 is 15.0 Å². The molecule has 0 aliphatic carbocycles. The summed E-state index contributed by atoms with van der Waals surface area (Å²) in [6.45, 7) is 1.86. The highest BCUT2D eigenvalue weighted by Crippen LogP contribution is 2.28. The molecule has 6 nitrogen and oxygen atoms in total. The third kappa shape index (κ3) is 2.14. The fourth-order valence-electron chi connectivity index (χ4n) is 1.64. The first kappa shape index (κ1) is 14.0. The van der Waals surface area contributed by atoms with Crippen LogP contribution >= 0.6 is 12.4 Å². The number of aromatic nitrogens is 2. The Morgan fingerprint density at radius 3 is 2.67 bits per heavy atom. The first-order chi connectivity index (χ1) is 8.04. The normalized spacial score (nSPS) is 9.89. The summed E-state index contributed by atoms with van der Waals surface area (Å²) in [5.74, 6) is -1.10. The van der Waals surface area contributed by atoms with Crippen LogP contribution in [-0.2, 0) is 0 Å². The Bertz CT molecular complexity index is 616. The average molecular weight is 270 g/mol. The van der Waals surface area contributed by atoms with Crippen LogP contribution in [0, 0.1) is 6.92 Å². The quantitative estimate of drug-likeness (QED) is 0.769. The summed E-state index contributed by atoms with van der Waals surface area (Å²) in [4.78, 5) is 18.7. The van der Waals surface area contributed by atoms with Crippen molar-refractivity contribution in [3.8, 4) is 5.75 Å². The largest absolute Gasteiger partial charge is 0.504 e. The van der Waals surface area contributed by atoms with E-state index in [4.69, 9.17) is 5.11 Å². The van der Waals surface area contributed by atoms with Gasteiger partial charge in [0, 0.05) is 18.6 Å². The number of halogens is 1. The number of fused-ring (bicyclic) bond motifs is 1. The lowest BCUT2D eigenvalue weighted by atomic mass is 10.1. The molecule has 7 heteroatoms. The lowest BCUT2D eigenvalue weighted by Gasteiger charge is -2.08. The predicted molar refractivity (Wildman–Crippen MR) is 69.7 cm³/mol. The Labute approximate surface area is 109 Å². The second kappa shape index (κ2) is 5.05. The number of aromatic hydroxyl groups is 1. The van der Waals surface area contributed by atoms with Crippen molar-refractivity contribution in [2.75, 3.05) is 12.4 Å². The molecule has 0 fully saturated rings. The number of pyridine rings is 2. The average Bonchev–Trinajstić information content (AvgIpc) is 2.28. The van der Waals surface area contributed by atoms with Gasteiger partial charge in [-0.15, -0.1) is 12.4 Å². The molecule has 96 valence electrons. The standard InChI is InChI=1S/C11H11N3O3.ClH/c1-5-3-6-4-13-8(11(16)17)9(15)7(6)14-10(5)12-2;/h3-4,15H,1-2H3,(H,12,14)(H,16,17);1H. The number of nitrogens with zero attached hydrogens (tertiary/aromatic N) is 2. The van der Waals surface area contributed by atoms with Crippen molar-refractivity contribution in [2.45, 2.75) is 6.92 Å². The highest BCUT2D eigenvalue weighted by Gasteiger charge is 2.16. The van der Waals surface area contributed by atoms with Gasteiger partial charge in [-0.1, -0.05) is 0 Å². The number of carboxylic acid groups (broad SMARTS) is 1. The molecule has 2 rings (SSSR count). The number of carboxylic acids is 1. The number of hydrogen-bond acceptors (Lipinski definition) is 5. The van der Waals surface area contributed by atoms with Gasteiger partial charge in [-0.25, -0.2) is 14.8 Å². The second-order valence-electron chi connectivity index (χ2n) is 3.60. The van der Waals surface area contributed by atoms with Crippen molar-refractivity contribution in [2.24, 2.45) is 0 Å². The van der Waals surface area contributed by atoms with Gasteiger partial charge in [0.05, 0.1) is 0 Å². The van der Waals surface area contributed by atoms with Crippen LogP contribution in [0.5, 0.6) is 5.75 Å². The van der Waals surface area contributed by atoms with Crippen LogP contribution in [0.1, 0.15) is 16.1 Å². The van der Waals surface area contributed by atoms with E-state index in [0.29, 0.717) is 11.2 Å².